The number of benzene rings is 1. The van der Waals surface area contributed by atoms with E-state index in [4.69, 9.17) is 11.6 Å². The largest absolute Gasteiger partial charge is 0.306 e. The van der Waals surface area contributed by atoms with Gasteiger partial charge in [-0.3, -0.25) is 4.98 Å². The van der Waals surface area contributed by atoms with E-state index in [1.807, 2.05) is 37.4 Å². The van der Waals surface area contributed by atoms with Crippen LogP contribution in [-0.2, 0) is 0 Å². The first-order valence-electron chi connectivity index (χ1n) is 6.13. The lowest BCUT2D eigenvalue weighted by Crippen LogP contribution is -2.23. The average molecular weight is 261 g/mol. The van der Waals surface area contributed by atoms with Gasteiger partial charge in [-0.25, -0.2) is 0 Å². The van der Waals surface area contributed by atoms with Crippen molar-refractivity contribution in [2.45, 2.75) is 19.9 Å². The second-order valence-electron chi connectivity index (χ2n) is 4.19. The Bertz CT molecular complexity index is 480. The van der Waals surface area contributed by atoms with E-state index in [9.17, 15) is 0 Å². The normalized spacial score (nSPS) is 12.4. The minimum Gasteiger partial charge on any atom is -0.306 e. The van der Waals surface area contributed by atoms with Crippen LogP contribution in [0.15, 0.2) is 42.6 Å². The zero-order valence-electron chi connectivity index (χ0n) is 10.7. The maximum atomic E-state index is 6.30. The third-order valence-electron chi connectivity index (χ3n) is 2.98. The molecule has 0 saturated heterocycles. The van der Waals surface area contributed by atoms with E-state index in [0.29, 0.717) is 0 Å². The molecule has 1 heterocycles. The summed E-state index contributed by atoms with van der Waals surface area (Å²) in [5.74, 6) is 0. The molecule has 1 N–H and O–H groups in total. The Hall–Kier alpha value is -1.38. The van der Waals surface area contributed by atoms with Gasteiger partial charge in [0.1, 0.15) is 0 Å². The van der Waals surface area contributed by atoms with Crippen LogP contribution in [0.5, 0.6) is 0 Å². The molecular weight excluding hydrogens is 244 g/mol. The van der Waals surface area contributed by atoms with Crippen molar-refractivity contribution in [3.63, 3.8) is 0 Å². The van der Waals surface area contributed by atoms with Crippen molar-refractivity contribution in [2.75, 3.05) is 6.54 Å². The van der Waals surface area contributed by atoms with Gasteiger partial charge in [0, 0.05) is 16.9 Å². The van der Waals surface area contributed by atoms with Gasteiger partial charge < -0.3 is 5.32 Å². The van der Waals surface area contributed by atoms with Crippen LogP contribution < -0.4 is 5.32 Å². The number of pyridine rings is 1. The number of aryl methyl sites for hydroxylation is 1. The SMILES string of the molecule is CCNC(c1ccccc1Cl)c1cccnc1C. The summed E-state index contributed by atoms with van der Waals surface area (Å²) in [5, 5.41) is 4.26. The lowest BCUT2D eigenvalue weighted by Gasteiger charge is -2.21. The molecule has 94 valence electrons. The fraction of sp³-hybridized carbons (Fsp3) is 0.267. The highest BCUT2D eigenvalue weighted by molar-refractivity contribution is 6.31. The number of aromatic nitrogens is 1. The van der Waals surface area contributed by atoms with Gasteiger partial charge in [0.05, 0.1) is 6.04 Å². The standard InChI is InChI=1S/C15H17ClN2/c1-3-17-15(12-8-6-10-18-11(12)2)13-7-4-5-9-14(13)16/h4-10,15,17H,3H2,1-2H3. The summed E-state index contributed by atoms with van der Waals surface area (Å²) in [4.78, 5) is 4.35. The Morgan fingerprint density at radius 2 is 1.89 bits per heavy atom. The molecule has 1 unspecified atom stereocenters. The molecule has 2 rings (SSSR count). The van der Waals surface area contributed by atoms with Crippen LogP contribution in [0.2, 0.25) is 5.02 Å². The van der Waals surface area contributed by atoms with Crippen LogP contribution in [0.25, 0.3) is 0 Å². The first-order chi connectivity index (χ1) is 8.74. The maximum absolute atomic E-state index is 6.30. The summed E-state index contributed by atoms with van der Waals surface area (Å²) in [5.41, 5.74) is 3.30. The molecular formula is C15H17ClN2. The maximum Gasteiger partial charge on any atom is 0.0609 e. The van der Waals surface area contributed by atoms with Gasteiger partial charge in [-0.05, 0) is 36.7 Å². The van der Waals surface area contributed by atoms with Crippen molar-refractivity contribution in [2.24, 2.45) is 0 Å². The highest BCUT2D eigenvalue weighted by atomic mass is 35.5. The number of nitrogens with zero attached hydrogens (tertiary/aromatic N) is 1. The Balaban J connectivity index is 2.47. The quantitative estimate of drug-likeness (QED) is 0.906. The van der Waals surface area contributed by atoms with Crippen LogP contribution in [0.4, 0.5) is 0 Å². The third-order valence-corrected chi connectivity index (χ3v) is 3.33. The molecule has 0 aliphatic rings. The van der Waals surface area contributed by atoms with Gasteiger partial charge in [0.2, 0.25) is 0 Å². The summed E-state index contributed by atoms with van der Waals surface area (Å²) in [6.45, 7) is 5.00. The first-order valence-corrected chi connectivity index (χ1v) is 6.51. The summed E-state index contributed by atoms with van der Waals surface area (Å²) >= 11 is 6.30. The monoisotopic (exact) mass is 260 g/mol. The zero-order valence-corrected chi connectivity index (χ0v) is 11.4. The van der Waals surface area contributed by atoms with Crippen molar-refractivity contribution in [3.05, 3.63) is 64.4 Å². The molecule has 0 spiro atoms. The van der Waals surface area contributed by atoms with E-state index >= 15 is 0 Å². The molecule has 0 amide bonds. The Labute approximate surface area is 113 Å². The molecule has 2 nitrogen and oxygen atoms in total. The molecule has 1 atom stereocenters. The highest BCUT2D eigenvalue weighted by Crippen LogP contribution is 2.29. The minimum atomic E-state index is 0.0948. The smallest absolute Gasteiger partial charge is 0.0609 e. The zero-order chi connectivity index (χ0) is 13.0. The Kier molecular flexibility index (Phi) is 4.34. The van der Waals surface area contributed by atoms with Crippen molar-refractivity contribution in [1.29, 1.82) is 0 Å². The van der Waals surface area contributed by atoms with Crippen molar-refractivity contribution < 1.29 is 0 Å². The van der Waals surface area contributed by atoms with Crippen molar-refractivity contribution in [1.82, 2.24) is 10.3 Å². The van der Waals surface area contributed by atoms with Gasteiger partial charge in [-0.2, -0.15) is 0 Å². The van der Waals surface area contributed by atoms with Gasteiger partial charge in [-0.15, -0.1) is 0 Å². The highest BCUT2D eigenvalue weighted by Gasteiger charge is 2.17. The summed E-state index contributed by atoms with van der Waals surface area (Å²) < 4.78 is 0. The van der Waals surface area contributed by atoms with Crippen molar-refractivity contribution >= 4 is 11.6 Å². The molecule has 0 bridgehead atoms. The average Bonchev–Trinajstić information content (AvgIpc) is 2.38. The van der Waals surface area contributed by atoms with Gasteiger partial charge in [0.25, 0.3) is 0 Å². The first kappa shape index (κ1) is 13.1. The molecule has 18 heavy (non-hydrogen) atoms. The minimum absolute atomic E-state index is 0.0948. The molecule has 0 fully saturated rings. The molecule has 1 aromatic carbocycles. The predicted molar refractivity (Wildman–Crippen MR) is 75.9 cm³/mol. The number of hydrogen-bond acceptors (Lipinski definition) is 2. The predicted octanol–water partition coefficient (Wildman–Crippen LogP) is 3.74. The number of rotatable bonds is 4. The number of halogens is 1. The van der Waals surface area contributed by atoms with E-state index in [1.165, 1.54) is 5.56 Å². The van der Waals surface area contributed by atoms with Gasteiger partial charge >= 0.3 is 0 Å². The Morgan fingerprint density at radius 1 is 1.17 bits per heavy atom. The van der Waals surface area contributed by atoms with Crippen LogP contribution in [0.1, 0.15) is 29.8 Å². The molecule has 2 aromatic rings. The van der Waals surface area contributed by atoms with Crippen molar-refractivity contribution in [3.8, 4) is 0 Å². The number of hydrogen-bond donors (Lipinski definition) is 1. The topological polar surface area (TPSA) is 24.9 Å². The van der Waals surface area contributed by atoms with Gasteiger partial charge in [-0.1, -0.05) is 42.8 Å². The van der Waals surface area contributed by atoms with Gasteiger partial charge in [0.15, 0.2) is 0 Å². The summed E-state index contributed by atoms with van der Waals surface area (Å²) in [6, 6.07) is 12.1. The molecule has 0 aliphatic heterocycles. The van der Waals surface area contributed by atoms with Crippen LogP contribution >= 0.6 is 11.6 Å². The summed E-state index contributed by atoms with van der Waals surface area (Å²) in [6.07, 6.45) is 1.81. The summed E-state index contributed by atoms with van der Waals surface area (Å²) in [7, 11) is 0. The Morgan fingerprint density at radius 3 is 2.56 bits per heavy atom. The second kappa shape index (κ2) is 5.98. The molecule has 0 aliphatic carbocycles. The van der Waals surface area contributed by atoms with Crippen LogP contribution in [0, 0.1) is 6.92 Å². The fourth-order valence-electron chi connectivity index (χ4n) is 2.10. The second-order valence-corrected chi connectivity index (χ2v) is 4.60. The van der Waals surface area contributed by atoms with E-state index in [1.54, 1.807) is 0 Å². The third kappa shape index (κ3) is 2.71. The van der Waals surface area contributed by atoms with E-state index in [2.05, 4.69) is 29.4 Å². The van der Waals surface area contributed by atoms with E-state index < -0.39 is 0 Å². The number of nitrogens with one attached hydrogen (secondary N) is 1. The lowest BCUT2D eigenvalue weighted by molar-refractivity contribution is 0.625. The fourth-order valence-corrected chi connectivity index (χ4v) is 2.35. The molecule has 0 saturated carbocycles. The molecule has 3 heteroatoms. The van der Waals surface area contributed by atoms with E-state index in [-0.39, 0.29) is 6.04 Å². The van der Waals surface area contributed by atoms with Crippen LogP contribution in [0.3, 0.4) is 0 Å². The molecule has 0 radical (unpaired) electrons. The van der Waals surface area contributed by atoms with Crippen LogP contribution in [-0.4, -0.2) is 11.5 Å². The lowest BCUT2D eigenvalue weighted by atomic mass is 9.97. The molecule has 1 aromatic heterocycles. The van der Waals surface area contributed by atoms with E-state index in [0.717, 1.165) is 22.8 Å².